The van der Waals surface area contributed by atoms with Gasteiger partial charge in [0, 0.05) is 41.0 Å². The zero-order valence-corrected chi connectivity index (χ0v) is 15.5. The number of aromatic nitrogens is 1. The van der Waals surface area contributed by atoms with Crippen LogP contribution < -0.4 is 0 Å². The number of piperidine rings is 1. The normalized spacial score (nSPS) is 29.2. The third kappa shape index (κ3) is 2.14. The van der Waals surface area contributed by atoms with E-state index in [0.717, 1.165) is 25.9 Å². The van der Waals surface area contributed by atoms with Gasteiger partial charge in [0.25, 0.3) is 0 Å². The summed E-state index contributed by atoms with van der Waals surface area (Å²) in [5, 5.41) is 1.40. The number of nitrogens with zero attached hydrogens (tertiary/aromatic N) is 1. The fourth-order valence-corrected chi connectivity index (χ4v) is 5.62. The van der Waals surface area contributed by atoms with Crippen LogP contribution in [0.25, 0.3) is 17.0 Å². The number of rotatable bonds is 4. The van der Waals surface area contributed by atoms with Gasteiger partial charge in [-0.15, -0.1) is 0 Å². The van der Waals surface area contributed by atoms with Crippen molar-refractivity contribution < 1.29 is 9.53 Å². The average Bonchev–Trinajstić information content (AvgIpc) is 3.21. The molecule has 0 spiro atoms. The number of carbonyl (C=O) groups excluding carboxylic acids is 1. The van der Waals surface area contributed by atoms with E-state index in [0.29, 0.717) is 24.5 Å². The standard InChI is InChI=1S/C22H26N2O2/c1-3-10-24-12-13(22(25)26-4-2)11-16-14-6-5-7-17-19(14)20-15(21(16)24)8-9-18(20)23-17/h5-9,13,15-16,21,23H,3-4,10-12H2,1-2H3/t13-,15?,16?,21-/m1/s1. The van der Waals surface area contributed by atoms with Gasteiger partial charge in [-0.05, 0) is 49.6 Å². The minimum atomic E-state index is -0.0262. The predicted molar refractivity (Wildman–Crippen MR) is 103 cm³/mol. The van der Waals surface area contributed by atoms with Crippen molar-refractivity contribution in [3.05, 3.63) is 41.1 Å². The number of hydrogen-bond donors (Lipinski definition) is 1. The molecule has 5 rings (SSSR count). The minimum Gasteiger partial charge on any atom is -0.466 e. The maximum atomic E-state index is 12.6. The molecule has 1 fully saturated rings. The highest BCUT2D eigenvalue weighted by molar-refractivity contribution is 5.94. The summed E-state index contributed by atoms with van der Waals surface area (Å²) in [7, 11) is 0. The lowest BCUT2D eigenvalue weighted by Gasteiger charge is -2.49. The van der Waals surface area contributed by atoms with E-state index in [9.17, 15) is 4.79 Å². The Kier molecular flexibility index (Phi) is 3.71. The molecule has 1 aliphatic heterocycles. The number of benzene rings is 1. The molecule has 2 aromatic rings. The summed E-state index contributed by atoms with van der Waals surface area (Å²) in [4.78, 5) is 18.7. The molecule has 0 saturated carbocycles. The van der Waals surface area contributed by atoms with Gasteiger partial charge in [-0.2, -0.15) is 0 Å². The van der Waals surface area contributed by atoms with Crippen molar-refractivity contribution in [3.8, 4) is 0 Å². The molecule has 4 heteroatoms. The number of hydrogen-bond acceptors (Lipinski definition) is 3. The molecule has 2 aliphatic carbocycles. The van der Waals surface area contributed by atoms with Crippen LogP contribution in [0.1, 0.15) is 55.3 Å². The Labute approximate surface area is 154 Å². The maximum absolute atomic E-state index is 12.6. The maximum Gasteiger partial charge on any atom is 0.310 e. The van der Waals surface area contributed by atoms with Crippen molar-refractivity contribution in [2.75, 3.05) is 19.7 Å². The quantitative estimate of drug-likeness (QED) is 0.847. The number of aromatic amines is 1. The molecule has 136 valence electrons. The average molecular weight is 350 g/mol. The van der Waals surface area contributed by atoms with E-state index in [1.807, 2.05) is 6.92 Å². The van der Waals surface area contributed by atoms with Crippen LogP contribution in [0.4, 0.5) is 0 Å². The van der Waals surface area contributed by atoms with E-state index in [-0.39, 0.29) is 11.9 Å². The van der Waals surface area contributed by atoms with Crippen LogP contribution in [-0.4, -0.2) is 41.6 Å². The smallest absolute Gasteiger partial charge is 0.310 e. The lowest BCUT2D eigenvalue weighted by atomic mass is 9.68. The molecule has 0 bridgehead atoms. The van der Waals surface area contributed by atoms with E-state index in [4.69, 9.17) is 4.74 Å². The summed E-state index contributed by atoms with van der Waals surface area (Å²) in [5.41, 5.74) is 5.41. The molecule has 0 amide bonds. The highest BCUT2D eigenvalue weighted by Gasteiger charge is 2.48. The predicted octanol–water partition coefficient (Wildman–Crippen LogP) is 4.04. The Balaban J connectivity index is 1.63. The molecule has 4 atom stereocenters. The van der Waals surface area contributed by atoms with Crippen LogP contribution in [0.5, 0.6) is 0 Å². The fraction of sp³-hybridized carbons (Fsp3) is 0.500. The van der Waals surface area contributed by atoms with Gasteiger partial charge in [0.1, 0.15) is 0 Å². The van der Waals surface area contributed by atoms with E-state index in [1.165, 1.54) is 27.7 Å². The number of H-pyrrole nitrogens is 1. The SMILES string of the molecule is CCCN1C[C@H](C(=O)OCC)CC2c3cccc4[nH]c5c(c34)C(C=C5)[C@H]21. The highest BCUT2D eigenvalue weighted by Crippen LogP contribution is 2.53. The lowest BCUT2D eigenvalue weighted by molar-refractivity contribution is -0.151. The Morgan fingerprint density at radius 1 is 1.35 bits per heavy atom. The van der Waals surface area contributed by atoms with Gasteiger partial charge >= 0.3 is 5.97 Å². The summed E-state index contributed by atoms with van der Waals surface area (Å²) in [6, 6.07) is 7.06. The van der Waals surface area contributed by atoms with E-state index >= 15 is 0 Å². The highest BCUT2D eigenvalue weighted by atomic mass is 16.5. The van der Waals surface area contributed by atoms with Crippen LogP contribution >= 0.6 is 0 Å². The van der Waals surface area contributed by atoms with Crippen molar-refractivity contribution in [1.82, 2.24) is 9.88 Å². The molecule has 1 aromatic carbocycles. The van der Waals surface area contributed by atoms with Gasteiger partial charge in [0.05, 0.1) is 12.5 Å². The molecule has 4 nitrogen and oxygen atoms in total. The summed E-state index contributed by atoms with van der Waals surface area (Å²) in [6.07, 6.45) is 6.63. The van der Waals surface area contributed by atoms with E-state index < -0.39 is 0 Å². The zero-order chi connectivity index (χ0) is 17.8. The number of esters is 1. The first-order valence-corrected chi connectivity index (χ1v) is 9.96. The number of fused-ring (bicyclic) bond motifs is 3. The summed E-state index contributed by atoms with van der Waals surface area (Å²) in [6.45, 7) is 6.44. The molecule has 3 aliphatic rings. The Bertz CT molecular complexity index is 897. The van der Waals surface area contributed by atoms with Crippen molar-refractivity contribution in [2.24, 2.45) is 5.92 Å². The lowest BCUT2D eigenvalue weighted by Crippen LogP contribution is -2.53. The van der Waals surface area contributed by atoms with E-state index in [1.54, 1.807) is 0 Å². The van der Waals surface area contributed by atoms with Crippen molar-refractivity contribution in [1.29, 1.82) is 0 Å². The Morgan fingerprint density at radius 2 is 2.23 bits per heavy atom. The number of carbonyl (C=O) groups is 1. The first-order valence-electron chi connectivity index (χ1n) is 9.96. The van der Waals surface area contributed by atoms with Crippen LogP contribution in [0, 0.1) is 5.92 Å². The van der Waals surface area contributed by atoms with Crippen LogP contribution in [-0.2, 0) is 9.53 Å². The molecule has 0 radical (unpaired) electrons. The first kappa shape index (κ1) is 16.1. The molecule has 26 heavy (non-hydrogen) atoms. The molecular formula is C22H26N2O2. The van der Waals surface area contributed by atoms with Crippen molar-refractivity contribution in [2.45, 2.75) is 44.6 Å². The summed E-state index contributed by atoms with van der Waals surface area (Å²) < 4.78 is 5.39. The van der Waals surface area contributed by atoms with Gasteiger partial charge in [-0.25, -0.2) is 0 Å². The summed E-state index contributed by atoms with van der Waals surface area (Å²) >= 11 is 0. The van der Waals surface area contributed by atoms with E-state index in [2.05, 4.69) is 47.2 Å². The zero-order valence-electron chi connectivity index (χ0n) is 15.5. The van der Waals surface area contributed by atoms with Gasteiger partial charge < -0.3 is 9.72 Å². The van der Waals surface area contributed by atoms with Gasteiger partial charge in [0.2, 0.25) is 0 Å². The summed E-state index contributed by atoms with van der Waals surface area (Å²) in [5.74, 6) is 0.774. The van der Waals surface area contributed by atoms with Gasteiger partial charge in [0.15, 0.2) is 0 Å². The number of nitrogens with one attached hydrogen (secondary N) is 1. The van der Waals surface area contributed by atoms with Gasteiger partial charge in [-0.3, -0.25) is 9.69 Å². The topological polar surface area (TPSA) is 45.3 Å². The fourth-order valence-electron chi connectivity index (χ4n) is 5.62. The second-order valence-corrected chi connectivity index (χ2v) is 7.88. The molecule has 2 heterocycles. The Morgan fingerprint density at radius 3 is 3.04 bits per heavy atom. The third-order valence-electron chi connectivity index (χ3n) is 6.45. The molecule has 2 unspecified atom stereocenters. The van der Waals surface area contributed by atoms with Crippen molar-refractivity contribution in [3.63, 3.8) is 0 Å². The number of likely N-dealkylation sites (tertiary alicyclic amines) is 1. The molecule has 1 N–H and O–H groups in total. The second-order valence-electron chi connectivity index (χ2n) is 7.88. The molecular weight excluding hydrogens is 324 g/mol. The monoisotopic (exact) mass is 350 g/mol. The number of ether oxygens (including phenoxy) is 1. The van der Waals surface area contributed by atoms with Crippen LogP contribution in [0.3, 0.4) is 0 Å². The first-order chi connectivity index (χ1) is 12.7. The molecule has 1 saturated heterocycles. The van der Waals surface area contributed by atoms with Gasteiger partial charge in [-0.1, -0.05) is 25.1 Å². The van der Waals surface area contributed by atoms with Crippen LogP contribution in [0.2, 0.25) is 0 Å². The van der Waals surface area contributed by atoms with Crippen molar-refractivity contribution >= 4 is 22.9 Å². The third-order valence-corrected chi connectivity index (χ3v) is 6.45. The van der Waals surface area contributed by atoms with Crippen LogP contribution in [0.15, 0.2) is 24.3 Å². The second kappa shape index (κ2) is 5.98. The largest absolute Gasteiger partial charge is 0.466 e. The molecule has 1 aromatic heterocycles. The Hall–Kier alpha value is -2.07. The minimum absolute atomic E-state index is 0.0247.